The summed E-state index contributed by atoms with van der Waals surface area (Å²) >= 11 is 0. The molecular formula is C51H101NO7P+. The number of allylic oxidation sites excluding steroid dienone is 4. The van der Waals surface area contributed by atoms with Crippen molar-refractivity contribution in [2.24, 2.45) is 0 Å². The first-order valence-electron chi connectivity index (χ1n) is 25.6. The van der Waals surface area contributed by atoms with Crippen molar-refractivity contribution < 1.29 is 37.3 Å². The molecular weight excluding hydrogens is 770 g/mol. The molecule has 0 heterocycles. The van der Waals surface area contributed by atoms with Crippen molar-refractivity contribution in [1.29, 1.82) is 0 Å². The van der Waals surface area contributed by atoms with Crippen LogP contribution in [0.5, 0.6) is 0 Å². The Hall–Kier alpha value is -1.02. The van der Waals surface area contributed by atoms with Gasteiger partial charge in [-0.1, -0.05) is 212 Å². The molecule has 0 rings (SSSR count). The summed E-state index contributed by atoms with van der Waals surface area (Å²) in [6.45, 7) is 5.66. The van der Waals surface area contributed by atoms with Gasteiger partial charge in [-0.15, -0.1) is 0 Å². The fourth-order valence-electron chi connectivity index (χ4n) is 7.29. The van der Waals surface area contributed by atoms with E-state index in [1.165, 1.54) is 180 Å². The normalized spacial score (nSPS) is 13.8. The quantitative estimate of drug-likeness (QED) is 0.0214. The van der Waals surface area contributed by atoms with Crippen molar-refractivity contribution in [2.75, 3.05) is 54.1 Å². The highest BCUT2D eigenvalue weighted by Crippen LogP contribution is 2.43. The zero-order chi connectivity index (χ0) is 44.1. The summed E-state index contributed by atoms with van der Waals surface area (Å²) in [5, 5.41) is 0. The molecule has 0 spiro atoms. The molecule has 0 aliphatic heterocycles. The zero-order valence-electron chi connectivity index (χ0n) is 40.5. The van der Waals surface area contributed by atoms with Crippen LogP contribution in [0.15, 0.2) is 24.3 Å². The Morgan fingerprint density at radius 3 is 1.35 bits per heavy atom. The van der Waals surface area contributed by atoms with Crippen LogP contribution in [0.1, 0.15) is 239 Å². The molecule has 2 atom stereocenters. The zero-order valence-corrected chi connectivity index (χ0v) is 41.4. The van der Waals surface area contributed by atoms with E-state index in [-0.39, 0.29) is 25.8 Å². The maximum atomic E-state index is 12.8. The average molecular weight is 871 g/mol. The minimum atomic E-state index is -4.28. The van der Waals surface area contributed by atoms with Gasteiger partial charge in [0.15, 0.2) is 0 Å². The van der Waals surface area contributed by atoms with Crippen molar-refractivity contribution in [2.45, 2.75) is 245 Å². The lowest BCUT2D eigenvalue weighted by molar-refractivity contribution is -0.870. The summed E-state index contributed by atoms with van der Waals surface area (Å²) in [6, 6.07) is 0. The Bertz CT molecular complexity index is 1010. The molecule has 0 aliphatic carbocycles. The number of quaternary nitrogens is 1. The lowest BCUT2D eigenvalue weighted by Crippen LogP contribution is -2.37. The van der Waals surface area contributed by atoms with E-state index in [1.54, 1.807) is 0 Å². The molecule has 0 fully saturated rings. The SMILES string of the molecule is CCCCCCC/C=C\C/C=C\CCCCCCCCCCCC(=O)OC(COCCCCCCCCCCCCCCCCCCC)COP(=O)(O)OCC[N+](C)(C)C. The molecule has 0 bridgehead atoms. The number of likely N-dealkylation sites (N-methyl/N-ethyl adjacent to an activating group) is 1. The monoisotopic (exact) mass is 871 g/mol. The lowest BCUT2D eigenvalue weighted by Gasteiger charge is -2.24. The first kappa shape index (κ1) is 59.0. The number of carbonyl (C=O) groups excluding carboxylic acids is 1. The van der Waals surface area contributed by atoms with Crippen LogP contribution in [0.25, 0.3) is 0 Å². The second-order valence-corrected chi connectivity index (χ2v) is 20.0. The van der Waals surface area contributed by atoms with E-state index in [1.807, 2.05) is 21.1 Å². The van der Waals surface area contributed by atoms with Gasteiger partial charge in [0.2, 0.25) is 0 Å². The minimum absolute atomic E-state index is 0.0901. The largest absolute Gasteiger partial charge is 0.472 e. The predicted molar refractivity (Wildman–Crippen MR) is 257 cm³/mol. The third-order valence-corrected chi connectivity index (χ3v) is 12.2. The highest BCUT2D eigenvalue weighted by atomic mass is 31.2. The molecule has 2 unspecified atom stereocenters. The molecule has 0 saturated heterocycles. The van der Waals surface area contributed by atoms with Crippen molar-refractivity contribution in [3.63, 3.8) is 0 Å². The van der Waals surface area contributed by atoms with Crippen molar-refractivity contribution in [3.05, 3.63) is 24.3 Å². The van der Waals surface area contributed by atoms with E-state index >= 15 is 0 Å². The molecule has 60 heavy (non-hydrogen) atoms. The third kappa shape index (κ3) is 48.0. The number of esters is 1. The standard InChI is InChI=1S/C51H100NO7P/c1-6-8-10-12-14-16-18-20-22-24-25-26-27-28-30-32-34-36-38-40-42-44-51(53)59-50(49-58-60(54,55)57-47-45-52(3,4)5)48-56-46-43-41-39-37-35-33-31-29-23-21-19-17-15-13-11-9-7-2/h18,20,24-25,50H,6-17,19,21-23,26-49H2,1-5H3/p+1/b20-18-,25-24-. The molecule has 0 radical (unpaired) electrons. The summed E-state index contributed by atoms with van der Waals surface area (Å²) < 4.78 is 35.2. The van der Waals surface area contributed by atoms with Crippen LogP contribution in [-0.4, -0.2) is 75.6 Å². The van der Waals surface area contributed by atoms with Gasteiger partial charge in [0.1, 0.15) is 19.3 Å². The topological polar surface area (TPSA) is 91.3 Å². The van der Waals surface area contributed by atoms with Gasteiger partial charge in [-0.2, -0.15) is 0 Å². The number of phosphoric ester groups is 1. The lowest BCUT2D eigenvalue weighted by atomic mass is 10.0. The number of hydrogen-bond donors (Lipinski definition) is 1. The number of hydrogen-bond acceptors (Lipinski definition) is 6. The number of unbranched alkanes of at least 4 members (excludes halogenated alkanes) is 30. The molecule has 0 aromatic carbocycles. The molecule has 8 nitrogen and oxygen atoms in total. The Kier molecular flexibility index (Phi) is 43.8. The summed E-state index contributed by atoms with van der Waals surface area (Å²) in [4.78, 5) is 23.0. The second-order valence-electron chi connectivity index (χ2n) is 18.6. The Labute approximate surface area is 373 Å². The van der Waals surface area contributed by atoms with Gasteiger partial charge in [-0.25, -0.2) is 4.57 Å². The first-order valence-corrected chi connectivity index (χ1v) is 27.1. The third-order valence-electron chi connectivity index (χ3n) is 11.3. The van der Waals surface area contributed by atoms with E-state index < -0.39 is 13.9 Å². The van der Waals surface area contributed by atoms with Crippen LogP contribution in [0.4, 0.5) is 0 Å². The summed E-state index contributed by atoms with van der Waals surface area (Å²) in [7, 11) is 1.68. The van der Waals surface area contributed by atoms with Crippen LogP contribution in [-0.2, 0) is 27.9 Å². The van der Waals surface area contributed by atoms with Gasteiger partial charge in [0, 0.05) is 13.0 Å². The number of rotatable bonds is 48. The molecule has 0 saturated carbocycles. The number of nitrogens with zero attached hydrogens (tertiary/aromatic N) is 1. The highest BCUT2D eigenvalue weighted by Gasteiger charge is 2.26. The number of phosphoric acid groups is 1. The summed E-state index contributed by atoms with van der Waals surface area (Å²) in [5.74, 6) is -0.313. The molecule has 0 aromatic rings. The van der Waals surface area contributed by atoms with Gasteiger partial charge in [0.25, 0.3) is 0 Å². The van der Waals surface area contributed by atoms with Gasteiger partial charge in [-0.05, 0) is 44.9 Å². The molecule has 0 aliphatic rings. The van der Waals surface area contributed by atoms with Crippen molar-refractivity contribution in [3.8, 4) is 0 Å². The molecule has 1 N–H and O–H groups in total. The van der Waals surface area contributed by atoms with E-state index in [9.17, 15) is 14.3 Å². The van der Waals surface area contributed by atoms with Gasteiger partial charge < -0.3 is 18.9 Å². The van der Waals surface area contributed by atoms with Crippen LogP contribution in [0, 0.1) is 0 Å². The van der Waals surface area contributed by atoms with E-state index in [0.717, 1.165) is 38.5 Å². The van der Waals surface area contributed by atoms with E-state index in [0.29, 0.717) is 24.1 Å². The Morgan fingerprint density at radius 1 is 0.517 bits per heavy atom. The van der Waals surface area contributed by atoms with Gasteiger partial charge in [0.05, 0.1) is 34.4 Å². The molecule has 0 aromatic heterocycles. The fraction of sp³-hybridized carbons (Fsp3) is 0.902. The predicted octanol–water partition coefficient (Wildman–Crippen LogP) is 15.6. The smallest absolute Gasteiger partial charge is 0.457 e. The minimum Gasteiger partial charge on any atom is -0.457 e. The average Bonchev–Trinajstić information content (AvgIpc) is 3.20. The van der Waals surface area contributed by atoms with Crippen molar-refractivity contribution >= 4 is 13.8 Å². The Morgan fingerprint density at radius 2 is 0.917 bits per heavy atom. The first-order chi connectivity index (χ1) is 29.1. The van der Waals surface area contributed by atoms with Crippen LogP contribution in [0.3, 0.4) is 0 Å². The van der Waals surface area contributed by atoms with Crippen LogP contribution < -0.4 is 0 Å². The summed E-state index contributed by atoms with van der Waals surface area (Å²) in [6.07, 6.45) is 52.1. The van der Waals surface area contributed by atoms with Crippen molar-refractivity contribution in [1.82, 2.24) is 0 Å². The van der Waals surface area contributed by atoms with Gasteiger partial charge in [-0.3, -0.25) is 13.8 Å². The highest BCUT2D eigenvalue weighted by molar-refractivity contribution is 7.47. The molecule has 356 valence electrons. The second kappa shape index (κ2) is 44.6. The number of carbonyl (C=O) groups is 1. The maximum absolute atomic E-state index is 12.8. The van der Waals surface area contributed by atoms with Crippen LogP contribution >= 0.6 is 7.82 Å². The van der Waals surface area contributed by atoms with Crippen LogP contribution in [0.2, 0.25) is 0 Å². The van der Waals surface area contributed by atoms with E-state index in [2.05, 4.69) is 38.2 Å². The number of ether oxygens (including phenoxy) is 2. The Balaban J connectivity index is 4.13. The molecule has 0 amide bonds. The van der Waals surface area contributed by atoms with Gasteiger partial charge >= 0.3 is 13.8 Å². The van der Waals surface area contributed by atoms with E-state index in [4.69, 9.17) is 18.5 Å². The summed E-state index contributed by atoms with van der Waals surface area (Å²) in [5.41, 5.74) is 0. The fourth-order valence-corrected chi connectivity index (χ4v) is 8.03. The maximum Gasteiger partial charge on any atom is 0.472 e. The molecule has 9 heteroatoms.